The fourth-order valence-electron chi connectivity index (χ4n) is 2.00. The highest BCUT2D eigenvalue weighted by atomic mass is 19.1. The largest absolute Gasteiger partial charge is 0.296 e. The zero-order valence-corrected chi connectivity index (χ0v) is 7.95. The van der Waals surface area contributed by atoms with Crippen LogP contribution < -0.4 is 0 Å². The van der Waals surface area contributed by atoms with Crippen LogP contribution in [-0.4, -0.2) is 12.0 Å². The van der Waals surface area contributed by atoms with E-state index in [9.17, 15) is 9.18 Å². The van der Waals surface area contributed by atoms with E-state index in [1.165, 1.54) is 0 Å². The Hall–Kier alpha value is -1.18. The number of carbonyl (C=O) groups is 1. The van der Waals surface area contributed by atoms with E-state index in [0.717, 1.165) is 12.0 Å². The highest BCUT2D eigenvalue weighted by molar-refractivity contribution is 5.83. The third-order valence-corrected chi connectivity index (χ3v) is 2.85. The van der Waals surface area contributed by atoms with E-state index in [4.69, 9.17) is 0 Å². The maximum Gasteiger partial charge on any atom is 0.166 e. The molecule has 0 radical (unpaired) electrons. The molecule has 0 N–H and O–H groups in total. The minimum Gasteiger partial charge on any atom is -0.296 e. The summed E-state index contributed by atoms with van der Waals surface area (Å²) in [6, 6.07) is 9.88. The number of Topliss-reactive ketones (excluding diaryl/α,β-unsaturated/α-hetero) is 1. The Bertz CT molecular complexity index is 320. The van der Waals surface area contributed by atoms with Crippen molar-refractivity contribution in [2.24, 2.45) is 0 Å². The van der Waals surface area contributed by atoms with Crippen LogP contribution in [0.3, 0.4) is 0 Å². The zero-order chi connectivity index (χ0) is 9.97. The quantitative estimate of drug-likeness (QED) is 0.668. The van der Waals surface area contributed by atoms with Gasteiger partial charge in [-0.25, -0.2) is 4.39 Å². The van der Waals surface area contributed by atoms with Crippen molar-refractivity contribution in [1.82, 2.24) is 0 Å². The first-order chi connectivity index (χ1) is 6.77. The van der Waals surface area contributed by atoms with E-state index in [-0.39, 0.29) is 11.7 Å². The number of carbonyl (C=O) groups excluding carboxylic acids is 1. The number of alkyl halides is 1. The van der Waals surface area contributed by atoms with Crippen molar-refractivity contribution in [3.63, 3.8) is 0 Å². The fourth-order valence-corrected chi connectivity index (χ4v) is 2.00. The van der Waals surface area contributed by atoms with Crippen LogP contribution in [0.4, 0.5) is 4.39 Å². The van der Waals surface area contributed by atoms with Crippen LogP contribution in [0.15, 0.2) is 30.3 Å². The van der Waals surface area contributed by atoms with Crippen molar-refractivity contribution >= 4 is 5.78 Å². The van der Waals surface area contributed by atoms with Crippen LogP contribution in [0.5, 0.6) is 0 Å². The lowest BCUT2D eigenvalue weighted by Gasteiger charge is -2.23. The molecule has 0 bridgehead atoms. The second-order valence-corrected chi connectivity index (χ2v) is 3.82. The SMILES string of the molecule is O=C1CC[C@H](c2ccccc2)C[C@H]1F. The minimum absolute atomic E-state index is 0.225. The summed E-state index contributed by atoms with van der Waals surface area (Å²) >= 11 is 0. The Labute approximate surface area is 82.9 Å². The van der Waals surface area contributed by atoms with E-state index < -0.39 is 6.17 Å². The first-order valence-electron chi connectivity index (χ1n) is 4.99. The van der Waals surface area contributed by atoms with Gasteiger partial charge in [0.25, 0.3) is 0 Å². The molecule has 0 saturated heterocycles. The van der Waals surface area contributed by atoms with Gasteiger partial charge in [-0.2, -0.15) is 0 Å². The van der Waals surface area contributed by atoms with Gasteiger partial charge in [-0.1, -0.05) is 30.3 Å². The lowest BCUT2D eigenvalue weighted by molar-refractivity contribution is -0.125. The molecule has 2 heteroatoms. The summed E-state index contributed by atoms with van der Waals surface area (Å²) < 4.78 is 13.2. The third kappa shape index (κ3) is 1.84. The molecule has 0 aliphatic heterocycles. The molecule has 0 unspecified atom stereocenters. The van der Waals surface area contributed by atoms with Crippen LogP contribution in [0.2, 0.25) is 0 Å². The highest BCUT2D eigenvalue weighted by Gasteiger charge is 2.28. The van der Waals surface area contributed by atoms with E-state index in [1.54, 1.807) is 0 Å². The van der Waals surface area contributed by atoms with Crippen LogP contribution in [0.25, 0.3) is 0 Å². The van der Waals surface area contributed by atoms with E-state index in [2.05, 4.69) is 0 Å². The van der Waals surface area contributed by atoms with Gasteiger partial charge in [0.1, 0.15) is 0 Å². The molecule has 2 rings (SSSR count). The molecule has 1 aliphatic carbocycles. The lowest BCUT2D eigenvalue weighted by Crippen LogP contribution is -2.24. The predicted octanol–water partition coefficient (Wildman–Crippen LogP) is 2.86. The van der Waals surface area contributed by atoms with Crippen LogP contribution in [-0.2, 0) is 4.79 Å². The van der Waals surface area contributed by atoms with Gasteiger partial charge in [0, 0.05) is 6.42 Å². The maximum atomic E-state index is 13.2. The topological polar surface area (TPSA) is 17.1 Å². The normalized spacial score (nSPS) is 27.6. The monoisotopic (exact) mass is 192 g/mol. The molecule has 0 amide bonds. The first-order valence-corrected chi connectivity index (χ1v) is 4.99. The number of benzene rings is 1. The fraction of sp³-hybridized carbons (Fsp3) is 0.417. The van der Waals surface area contributed by atoms with Crippen molar-refractivity contribution < 1.29 is 9.18 Å². The lowest BCUT2D eigenvalue weighted by atomic mass is 9.82. The molecule has 2 atom stereocenters. The molecule has 0 spiro atoms. The molecule has 1 fully saturated rings. The van der Waals surface area contributed by atoms with Gasteiger partial charge in [0.2, 0.25) is 0 Å². The Morgan fingerprint density at radius 3 is 2.57 bits per heavy atom. The molecule has 1 aromatic rings. The summed E-state index contributed by atoms with van der Waals surface area (Å²) in [5.74, 6) is 0.00100. The first kappa shape index (κ1) is 9.38. The Kier molecular flexibility index (Phi) is 2.62. The van der Waals surface area contributed by atoms with Crippen LogP contribution in [0, 0.1) is 0 Å². The Balaban J connectivity index is 2.11. The van der Waals surface area contributed by atoms with Gasteiger partial charge in [0.05, 0.1) is 0 Å². The van der Waals surface area contributed by atoms with E-state index >= 15 is 0 Å². The van der Waals surface area contributed by atoms with Gasteiger partial charge < -0.3 is 0 Å². The van der Waals surface area contributed by atoms with Crippen molar-refractivity contribution in [2.75, 3.05) is 0 Å². The average Bonchev–Trinajstić information content (AvgIpc) is 2.23. The van der Waals surface area contributed by atoms with Crippen molar-refractivity contribution in [1.29, 1.82) is 0 Å². The number of halogens is 1. The molecule has 0 heterocycles. The maximum absolute atomic E-state index is 13.2. The Morgan fingerprint density at radius 2 is 1.93 bits per heavy atom. The van der Waals surface area contributed by atoms with Gasteiger partial charge in [0.15, 0.2) is 12.0 Å². The molecule has 14 heavy (non-hydrogen) atoms. The number of ketones is 1. The predicted molar refractivity (Wildman–Crippen MR) is 52.9 cm³/mol. The highest BCUT2D eigenvalue weighted by Crippen LogP contribution is 2.32. The van der Waals surface area contributed by atoms with Gasteiger partial charge in [-0.3, -0.25) is 4.79 Å². The zero-order valence-electron chi connectivity index (χ0n) is 7.95. The summed E-state index contributed by atoms with van der Waals surface area (Å²) in [6.07, 6.45) is 0.307. The summed E-state index contributed by atoms with van der Waals surface area (Å²) in [7, 11) is 0. The van der Waals surface area contributed by atoms with Crippen LogP contribution in [0.1, 0.15) is 30.7 Å². The molecular weight excluding hydrogens is 179 g/mol. The second-order valence-electron chi connectivity index (χ2n) is 3.82. The third-order valence-electron chi connectivity index (χ3n) is 2.85. The molecule has 1 aliphatic rings. The van der Waals surface area contributed by atoms with E-state index in [0.29, 0.717) is 12.8 Å². The second kappa shape index (κ2) is 3.91. The van der Waals surface area contributed by atoms with Crippen molar-refractivity contribution in [2.45, 2.75) is 31.4 Å². The average molecular weight is 192 g/mol. The summed E-state index contributed by atoms with van der Waals surface area (Å²) in [5, 5.41) is 0. The van der Waals surface area contributed by atoms with Gasteiger partial charge in [-0.05, 0) is 24.3 Å². The van der Waals surface area contributed by atoms with Gasteiger partial charge in [-0.15, -0.1) is 0 Å². The molecule has 1 aromatic carbocycles. The summed E-state index contributed by atoms with van der Waals surface area (Å²) in [5.41, 5.74) is 1.16. The minimum atomic E-state index is -1.24. The molecule has 0 aromatic heterocycles. The van der Waals surface area contributed by atoms with Crippen LogP contribution >= 0.6 is 0 Å². The smallest absolute Gasteiger partial charge is 0.166 e. The Morgan fingerprint density at radius 1 is 1.21 bits per heavy atom. The standard InChI is InChI=1S/C12H13FO/c13-11-8-10(6-7-12(11)14)9-4-2-1-3-5-9/h1-5,10-11H,6-8H2/t10-,11+/m0/s1. The van der Waals surface area contributed by atoms with Crippen molar-refractivity contribution in [3.05, 3.63) is 35.9 Å². The molecular formula is C12H13FO. The van der Waals surface area contributed by atoms with Gasteiger partial charge >= 0.3 is 0 Å². The number of hydrogen-bond donors (Lipinski definition) is 0. The summed E-state index contributed by atoms with van der Waals surface area (Å²) in [4.78, 5) is 11.0. The summed E-state index contributed by atoms with van der Waals surface area (Å²) in [6.45, 7) is 0. The molecule has 74 valence electrons. The van der Waals surface area contributed by atoms with E-state index in [1.807, 2.05) is 30.3 Å². The molecule has 1 nitrogen and oxygen atoms in total. The number of rotatable bonds is 1. The van der Waals surface area contributed by atoms with Crippen molar-refractivity contribution in [3.8, 4) is 0 Å². The molecule has 1 saturated carbocycles. The number of hydrogen-bond acceptors (Lipinski definition) is 1.